The van der Waals surface area contributed by atoms with Crippen molar-refractivity contribution in [2.75, 3.05) is 13.2 Å². The Labute approximate surface area is 270 Å². The molecule has 0 fully saturated rings. The van der Waals surface area contributed by atoms with E-state index >= 15 is 0 Å². The molecular weight excluding hydrogens is 552 g/mol. The fourth-order valence-electron chi connectivity index (χ4n) is 4.60. The number of aliphatic hydroxyl groups excluding tert-OH is 2. The first-order valence-corrected chi connectivity index (χ1v) is 17.7. The zero-order valence-electron chi connectivity index (χ0n) is 28.4. The maximum atomic E-state index is 12.1. The first-order valence-electron chi connectivity index (χ1n) is 17.7. The summed E-state index contributed by atoms with van der Waals surface area (Å²) in [5.41, 5.74) is 0. The lowest BCUT2D eigenvalue weighted by Crippen LogP contribution is -2.28. The van der Waals surface area contributed by atoms with E-state index in [9.17, 15) is 19.8 Å². The van der Waals surface area contributed by atoms with Gasteiger partial charge in [-0.15, -0.1) is 0 Å². The summed E-state index contributed by atoms with van der Waals surface area (Å²) in [6.07, 6.45) is 34.8. The summed E-state index contributed by atoms with van der Waals surface area (Å²) in [5, 5.41) is 19.5. The minimum absolute atomic E-state index is 0.127. The molecule has 0 rings (SSSR count). The van der Waals surface area contributed by atoms with Gasteiger partial charge in [-0.25, -0.2) is 0 Å². The van der Waals surface area contributed by atoms with E-state index in [2.05, 4.69) is 39.0 Å². The highest BCUT2D eigenvalue weighted by molar-refractivity contribution is 5.70. The molecule has 0 aliphatic carbocycles. The first-order chi connectivity index (χ1) is 21.4. The largest absolute Gasteiger partial charge is 0.462 e. The molecule has 2 N–H and O–H groups in total. The van der Waals surface area contributed by atoms with Crippen molar-refractivity contribution >= 4 is 11.9 Å². The van der Waals surface area contributed by atoms with E-state index in [0.717, 1.165) is 38.0 Å². The monoisotopic (exact) mass is 618 g/mol. The van der Waals surface area contributed by atoms with E-state index < -0.39 is 12.2 Å². The van der Waals surface area contributed by atoms with Crippen LogP contribution in [0.2, 0.25) is 0 Å². The molecule has 254 valence electrons. The molecule has 0 aromatic heterocycles. The van der Waals surface area contributed by atoms with Crippen molar-refractivity contribution in [3.8, 4) is 0 Å². The maximum absolute atomic E-state index is 12.1. The van der Waals surface area contributed by atoms with Gasteiger partial charge in [-0.3, -0.25) is 9.59 Å². The van der Waals surface area contributed by atoms with Crippen LogP contribution in [0, 0.1) is 5.92 Å². The normalized spacial score (nSPS) is 14.2. The van der Waals surface area contributed by atoms with Crippen LogP contribution in [0.3, 0.4) is 0 Å². The number of rotatable bonds is 30. The number of hydrogen-bond acceptors (Lipinski definition) is 6. The van der Waals surface area contributed by atoms with Gasteiger partial charge in [-0.2, -0.15) is 0 Å². The average Bonchev–Trinajstić information content (AvgIpc) is 3.02. The molecule has 0 aromatic rings. The number of aliphatic hydroxyl groups is 2. The predicted molar refractivity (Wildman–Crippen MR) is 183 cm³/mol. The number of carbonyl (C=O) groups excluding carboxylic acids is 2. The second-order valence-electron chi connectivity index (χ2n) is 12.0. The molecular formula is C38H66O6. The van der Waals surface area contributed by atoms with Gasteiger partial charge in [0.15, 0.2) is 6.10 Å². The van der Waals surface area contributed by atoms with Crippen LogP contribution < -0.4 is 0 Å². The van der Waals surface area contributed by atoms with E-state index in [1.807, 2.05) is 24.3 Å². The first kappa shape index (κ1) is 41.8. The summed E-state index contributed by atoms with van der Waals surface area (Å²) in [4.78, 5) is 24.1. The van der Waals surface area contributed by atoms with E-state index in [-0.39, 0.29) is 31.6 Å². The summed E-state index contributed by atoms with van der Waals surface area (Å²) in [6, 6.07) is 0. The lowest BCUT2D eigenvalue weighted by Gasteiger charge is -2.15. The topological polar surface area (TPSA) is 93.1 Å². The molecule has 0 bridgehead atoms. The molecule has 3 atom stereocenters. The van der Waals surface area contributed by atoms with Crippen molar-refractivity contribution in [3.63, 3.8) is 0 Å². The molecule has 6 heteroatoms. The van der Waals surface area contributed by atoms with Crippen LogP contribution in [0.5, 0.6) is 0 Å². The summed E-state index contributed by atoms with van der Waals surface area (Å²) >= 11 is 0. The molecule has 6 nitrogen and oxygen atoms in total. The fourth-order valence-corrected chi connectivity index (χ4v) is 4.60. The molecule has 44 heavy (non-hydrogen) atoms. The Balaban J connectivity index is 3.82. The van der Waals surface area contributed by atoms with Crippen molar-refractivity contribution in [3.05, 3.63) is 48.6 Å². The Morgan fingerprint density at radius 3 is 2.09 bits per heavy atom. The highest BCUT2D eigenvalue weighted by Gasteiger charge is 2.16. The quantitative estimate of drug-likeness (QED) is 0.0360. The third kappa shape index (κ3) is 29.9. The van der Waals surface area contributed by atoms with E-state index in [4.69, 9.17) is 9.47 Å². The number of unbranched alkanes of at least 4 members (excludes halogenated alkanes) is 11. The Kier molecular flexibility index (Phi) is 30.6. The Bertz CT molecular complexity index is 784. The maximum Gasteiger partial charge on any atom is 0.306 e. The Hall–Kier alpha value is -2.18. The lowest BCUT2D eigenvalue weighted by molar-refractivity contribution is -0.161. The minimum atomic E-state index is -0.819. The highest BCUT2D eigenvalue weighted by Crippen LogP contribution is 2.15. The smallest absolute Gasteiger partial charge is 0.306 e. The van der Waals surface area contributed by atoms with E-state index in [1.54, 1.807) is 6.08 Å². The number of esters is 2. The van der Waals surface area contributed by atoms with E-state index in [1.165, 1.54) is 64.2 Å². The van der Waals surface area contributed by atoms with Crippen LogP contribution in [0.15, 0.2) is 48.6 Å². The molecule has 0 radical (unpaired) electrons. The van der Waals surface area contributed by atoms with Gasteiger partial charge < -0.3 is 19.7 Å². The number of hydrogen-bond donors (Lipinski definition) is 2. The van der Waals surface area contributed by atoms with Crippen molar-refractivity contribution in [1.82, 2.24) is 0 Å². The second-order valence-corrected chi connectivity index (χ2v) is 12.0. The zero-order chi connectivity index (χ0) is 32.5. The predicted octanol–water partition coefficient (Wildman–Crippen LogP) is 9.50. The summed E-state index contributed by atoms with van der Waals surface area (Å²) in [6.45, 7) is 6.29. The van der Waals surface area contributed by atoms with Crippen molar-refractivity contribution in [2.24, 2.45) is 5.92 Å². The molecule has 0 amide bonds. The van der Waals surface area contributed by atoms with Crippen molar-refractivity contribution in [2.45, 2.75) is 161 Å². The Morgan fingerprint density at radius 1 is 0.727 bits per heavy atom. The molecule has 0 heterocycles. The average molecular weight is 619 g/mol. The van der Waals surface area contributed by atoms with Crippen LogP contribution in [0.4, 0.5) is 0 Å². The molecule has 0 saturated heterocycles. The van der Waals surface area contributed by atoms with Gasteiger partial charge in [-0.05, 0) is 50.9 Å². The van der Waals surface area contributed by atoms with Gasteiger partial charge in [0.2, 0.25) is 0 Å². The van der Waals surface area contributed by atoms with Crippen molar-refractivity contribution in [1.29, 1.82) is 0 Å². The second kappa shape index (κ2) is 32.2. The standard InChI is InChI=1S/C38H66O6/c1-4-6-7-8-9-10-14-18-23-28-35(40)29-24-19-16-21-25-30-37(41)43-33-36(32-39)44-38(42)31-26-20-15-12-11-13-17-22-27-34(3)5-2/h9-10,16,18-19,23-24,29,34-36,39-40H,4-8,11-15,17,20-22,25-28,30-33H2,1-3H3/b10-9-,19-16+,23-18-,29-24-/t34?,35?,36-/m0/s1. The summed E-state index contributed by atoms with van der Waals surface area (Å²) < 4.78 is 10.5. The van der Waals surface area contributed by atoms with Gasteiger partial charge in [0, 0.05) is 12.8 Å². The van der Waals surface area contributed by atoms with Crippen LogP contribution in [0.25, 0.3) is 0 Å². The molecule has 0 aromatic carbocycles. The van der Waals surface area contributed by atoms with Gasteiger partial charge in [0.1, 0.15) is 6.61 Å². The number of ether oxygens (including phenoxy) is 2. The number of allylic oxidation sites excluding steroid dienone is 6. The van der Waals surface area contributed by atoms with Gasteiger partial charge in [0.05, 0.1) is 12.7 Å². The number of carbonyl (C=O) groups is 2. The Morgan fingerprint density at radius 2 is 1.39 bits per heavy atom. The van der Waals surface area contributed by atoms with Crippen LogP contribution in [0.1, 0.15) is 149 Å². The third-order valence-electron chi connectivity index (χ3n) is 7.75. The van der Waals surface area contributed by atoms with E-state index in [0.29, 0.717) is 25.7 Å². The SMILES string of the molecule is CCCCC/C=C\C/C=C\CC(O)/C=C\C=C\CCCC(=O)OC[C@H](CO)OC(=O)CCCCCCCCCCC(C)CC. The lowest BCUT2D eigenvalue weighted by atomic mass is 9.99. The molecule has 0 aliphatic rings. The van der Waals surface area contributed by atoms with Crippen LogP contribution >= 0.6 is 0 Å². The molecule has 2 unspecified atom stereocenters. The van der Waals surface area contributed by atoms with Crippen LogP contribution in [-0.2, 0) is 19.1 Å². The van der Waals surface area contributed by atoms with Crippen LogP contribution in [-0.4, -0.2) is 47.6 Å². The zero-order valence-corrected chi connectivity index (χ0v) is 28.4. The molecule has 0 saturated carbocycles. The molecule has 0 aliphatic heterocycles. The van der Waals surface area contributed by atoms with Gasteiger partial charge in [-0.1, -0.05) is 140 Å². The van der Waals surface area contributed by atoms with Crippen molar-refractivity contribution < 1.29 is 29.3 Å². The highest BCUT2D eigenvalue weighted by atomic mass is 16.6. The molecule has 0 spiro atoms. The van der Waals surface area contributed by atoms with Gasteiger partial charge >= 0.3 is 11.9 Å². The minimum Gasteiger partial charge on any atom is -0.462 e. The summed E-state index contributed by atoms with van der Waals surface area (Å²) in [5.74, 6) is 0.118. The third-order valence-corrected chi connectivity index (χ3v) is 7.75. The van der Waals surface area contributed by atoms with Gasteiger partial charge in [0.25, 0.3) is 0 Å². The fraction of sp³-hybridized carbons (Fsp3) is 0.737. The summed E-state index contributed by atoms with van der Waals surface area (Å²) in [7, 11) is 0.